The van der Waals surface area contributed by atoms with Gasteiger partial charge in [0.25, 0.3) is 0 Å². The fraction of sp³-hybridized carbons (Fsp3) is 0.875. The van der Waals surface area contributed by atoms with Crippen LogP contribution in [0.15, 0.2) is 6.33 Å². The van der Waals surface area contributed by atoms with Crippen molar-refractivity contribution < 1.29 is 5.11 Å². The van der Waals surface area contributed by atoms with Gasteiger partial charge in [0.2, 0.25) is 0 Å². The number of hydrogen-bond acceptors (Lipinski definition) is 5. The molecule has 3 aliphatic rings. The molecule has 1 saturated heterocycles. The van der Waals surface area contributed by atoms with Gasteiger partial charge < -0.3 is 15.3 Å². The number of nitrogens with one attached hydrogen (secondary N) is 1. The first kappa shape index (κ1) is 14.6. The number of piperidine rings is 1. The highest BCUT2D eigenvalue weighted by molar-refractivity contribution is 4.98. The van der Waals surface area contributed by atoms with Gasteiger partial charge in [-0.15, -0.1) is 0 Å². The van der Waals surface area contributed by atoms with E-state index < -0.39 is 0 Å². The van der Waals surface area contributed by atoms with Crippen molar-refractivity contribution in [2.45, 2.75) is 50.1 Å². The molecule has 0 spiro atoms. The van der Waals surface area contributed by atoms with Crippen LogP contribution in [0.4, 0.5) is 0 Å². The van der Waals surface area contributed by atoms with Crippen LogP contribution in [0.25, 0.3) is 0 Å². The van der Waals surface area contributed by atoms with Crippen LogP contribution in [0, 0.1) is 5.92 Å². The summed E-state index contributed by atoms with van der Waals surface area (Å²) in [5, 5.41) is 17.9. The van der Waals surface area contributed by atoms with E-state index in [2.05, 4.69) is 25.0 Å². The summed E-state index contributed by atoms with van der Waals surface area (Å²) < 4.78 is 2.11. The molecule has 0 bridgehead atoms. The molecule has 6 heteroatoms. The number of likely N-dealkylation sites (tertiary alicyclic amines) is 1. The Labute approximate surface area is 131 Å². The number of aromatic nitrogens is 3. The van der Waals surface area contributed by atoms with Crippen molar-refractivity contribution in [3.05, 3.63) is 12.2 Å². The third kappa shape index (κ3) is 2.92. The van der Waals surface area contributed by atoms with E-state index in [0.717, 1.165) is 63.6 Å². The van der Waals surface area contributed by atoms with E-state index in [-0.39, 0.29) is 12.1 Å². The van der Waals surface area contributed by atoms with Gasteiger partial charge in [0, 0.05) is 31.6 Å². The van der Waals surface area contributed by atoms with Crippen LogP contribution in [-0.4, -0.2) is 63.1 Å². The summed E-state index contributed by atoms with van der Waals surface area (Å²) in [6.45, 7) is 4.56. The fourth-order valence-electron chi connectivity index (χ4n) is 3.88. The van der Waals surface area contributed by atoms with Crippen LogP contribution in [0.3, 0.4) is 0 Å². The lowest BCUT2D eigenvalue weighted by atomic mass is 9.88. The largest absolute Gasteiger partial charge is 0.394 e. The monoisotopic (exact) mass is 305 g/mol. The summed E-state index contributed by atoms with van der Waals surface area (Å²) in [4.78, 5) is 6.85. The van der Waals surface area contributed by atoms with Gasteiger partial charge in [0.05, 0.1) is 12.6 Å². The average molecular weight is 305 g/mol. The number of fused-ring (bicyclic) bond motifs is 1. The zero-order valence-electron chi connectivity index (χ0n) is 13.2. The third-order valence-corrected chi connectivity index (χ3v) is 5.74. The average Bonchev–Trinajstić information content (AvgIpc) is 3.13. The van der Waals surface area contributed by atoms with Crippen molar-refractivity contribution in [1.82, 2.24) is 25.0 Å². The molecular formula is C16H27N5O. The van der Waals surface area contributed by atoms with Gasteiger partial charge >= 0.3 is 0 Å². The van der Waals surface area contributed by atoms with Crippen molar-refractivity contribution in [2.24, 2.45) is 5.92 Å². The molecule has 122 valence electrons. The molecule has 1 atom stereocenters. The molecule has 2 aliphatic heterocycles. The second-order valence-electron chi connectivity index (χ2n) is 7.38. The van der Waals surface area contributed by atoms with Gasteiger partial charge in [0.1, 0.15) is 12.2 Å². The van der Waals surface area contributed by atoms with E-state index >= 15 is 0 Å². The van der Waals surface area contributed by atoms with Gasteiger partial charge in [-0.2, -0.15) is 5.10 Å². The molecule has 1 aromatic rings. The van der Waals surface area contributed by atoms with Crippen molar-refractivity contribution >= 4 is 0 Å². The Hall–Kier alpha value is -0.980. The second-order valence-corrected chi connectivity index (χ2v) is 7.38. The standard InChI is InChI=1S/C16H27N5O/c22-11-16(18-9-13-1-2-13)5-7-20(8-6-16)10-14-3-4-15-17-12-19-21(14)15/h12-14,18,22H,1-11H2. The first-order chi connectivity index (χ1) is 10.8. The van der Waals surface area contributed by atoms with Crippen molar-refractivity contribution in [3.63, 3.8) is 0 Å². The van der Waals surface area contributed by atoms with E-state index in [0.29, 0.717) is 6.04 Å². The van der Waals surface area contributed by atoms with Crippen molar-refractivity contribution in [3.8, 4) is 0 Å². The molecule has 1 aromatic heterocycles. The minimum absolute atomic E-state index is 0.0345. The molecular weight excluding hydrogens is 278 g/mol. The number of aliphatic hydroxyl groups excluding tert-OH is 1. The van der Waals surface area contributed by atoms with E-state index in [1.807, 2.05) is 0 Å². The summed E-state index contributed by atoms with van der Waals surface area (Å²) in [6.07, 6.45) is 8.72. The Morgan fingerprint density at radius 3 is 2.82 bits per heavy atom. The highest BCUT2D eigenvalue weighted by Crippen LogP contribution is 2.31. The lowest BCUT2D eigenvalue weighted by molar-refractivity contribution is 0.0711. The highest BCUT2D eigenvalue weighted by atomic mass is 16.3. The van der Waals surface area contributed by atoms with Crippen LogP contribution < -0.4 is 5.32 Å². The maximum absolute atomic E-state index is 9.84. The van der Waals surface area contributed by atoms with E-state index in [4.69, 9.17) is 0 Å². The van der Waals surface area contributed by atoms with Crippen LogP contribution in [0.2, 0.25) is 0 Å². The van der Waals surface area contributed by atoms with E-state index in [1.54, 1.807) is 6.33 Å². The molecule has 2 fully saturated rings. The number of rotatable bonds is 6. The lowest BCUT2D eigenvalue weighted by Crippen LogP contribution is -2.56. The zero-order valence-corrected chi connectivity index (χ0v) is 13.2. The summed E-state index contributed by atoms with van der Waals surface area (Å²) in [6, 6.07) is 0.485. The number of hydrogen-bond donors (Lipinski definition) is 2. The highest BCUT2D eigenvalue weighted by Gasteiger charge is 2.36. The Bertz CT molecular complexity index is 504. The van der Waals surface area contributed by atoms with Crippen LogP contribution >= 0.6 is 0 Å². The predicted octanol–water partition coefficient (Wildman–Crippen LogP) is 0.592. The fourth-order valence-corrected chi connectivity index (χ4v) is 3.88. The number of nitrogens with zero attached hydrogens (tertiary/aromatic N) is 4. The lowest BCUT2D eigenvalue weighted by Gasteiger charge is -2.42. The molecule has 1 saturated carbocycles. The van der Waals surface area contributed by atoms with Gasteiger partial charge in [0.15, 0.2) is 0 Å². The quantitative estimate of drug-likeness (QED) is 0.805. The number of aryl methyl sites for hydroxylation is 1. The molecule has 0 radical (unpaired) electrons. The zero-order chi connectivity index (χ0) is 15.0. The number of aliphatic hydroxyl groups is 1. The van der Waals surface area contributed by atoms with Crippen molar-refractivity contribution in [2.75, 3.05) is 32.8 Å². The second kappa shape index (κ2) is 5.91. The van der Waals surface area contributed by atoms with E-state index in [9.17, 15) is 5.11 Å². The molecule has 6 nitrogen and oxygen atoms in total. The van der Waals surface area contributed by atoms with Gasteiger partial charge in [-0.05, 0) is 44.6 Å². The molecule has 4 rings (SSSR count). The third-order valence-electron chi connectivity index (χ3n) is 5.74. The minimum Gasteiger partial charge on any atom is -0.394 e. The van der Waals surface area contributed by atoms with E-state index in [1.165, 1.54) is 12.8 Å². The smallest absolute Gasteiger partial charge is 0.138 e. The minimum atomic E-state index is -0.0345. The maximum atomic E-state index is 9.84. The van der Waals surface area contributed by atoms with Crippen LogP contribution in [0.1, 0.15) is 44.0 Å². The van der Waals surface area contributed by atoms with Gasteiger partial charge in [-0.3, -0.25) is 0 Å². The topological polar surface area (TPSA) is 66.2 Å². The first-order valence-electron chi connectivity index (χ1n) is 8.75. The Kier molecular flexibility index (Phi) is 3.92. The SMILES string of the molecule is OCC1(NCC2CC2)CCN(CC2CCc3ncnn32)CC1. The van der Waals surface area contributed by atoms with Gasteiger partial charge in [-0.1, -0.05) is 0 Å². The first-order valence-corrected chi connectivity index (χ1v) is 8.75. The molecule has 3 heterocycles. The summed E-state index contributed by atoms with van der Waals surface area (Å²) in [5.74, 6) is 2.00. The normalized spacial score (nSPS) is 28.0. The molecule has 0 amide bonds. The molecule has 1 aliphatic carbocycles. The summed E-state index contributed by atoms with van der Waals surface area (Å²) in [5.41, 5.74) is -0.0345. The predicted molar refractivity (Wildman–Crippen MR) is 83.6 cm³/mol. The summed E-state index contributed by atoms with van der Waals surface area (Å²) >= 11 is 0. The Balaban J connectivity index is 1.29. The Morgan fingerprint density at radius 2 is 2.09 bits per heavy atom. The molecule has 2 N–H and O–H groups in total. The van der Waals surface area contributed by atoms with Crippen LogP contribution in [0.5, 0.6) is 0 Å². The maximum Gasteiger partial charge on any atom is 0.138 e. The van der Waals surface area contributed by atoms with Crippen molar-refractivity contribution in [1.29, 1.82) is 0 Å². The molecule has 0 aromatic carbocycles. The molecule has 1 unspecified atom stereocenters. The molecule has 22 heavy (non-hydrogen) atoms. The Morgan fingerprint density at radius 1 is 1.27 bits per heavy atom. The van der Waals surface area contributed by atoms with Gasteiger partial charge in [-0.25, -0.2) is 9.67 Å². The summed E-state index contributed by atoms with van der Waals surface area (Å²) in [7, 11) is 0. The van der Waals surface area contributed by atoms with Crippen LogP contribution in [-0.2, 0) is 6.42 Å².